The molecule has 1 aliphatic heterocycles. The van der Waals surface area contributed by atoms with E-state index in [4.69, 9.17) is 0 Å². The fraction of sp³-hybridized carbons (Fsp3) is 0.500. The molecule has 0 bridgehead atoms. The molecular weight excluding hydrogens is 653 g/mol. The van der Waals surface area contributed by atoms with Gasteiger partial charge in [0.05, 0.1) is 6.04 Å². The van der Waals surface area contributed by atoms with Crippen LogP contribution in [0.15, 0.2) is 143 Å². The van der Waals surface area contributed by atoms with Gasteiger partial charge in [-0.15, -0.1) is 0 Å². The summed E-state index contributed by atoms with van der Waals surface area (Å²) < 4.78 is 0. The summed E-state index contributed by atoms with van der Waals surface area (Å²) in [5.74, 6) is 3.52. The van der Waals surface area contributed by atoms with Gasteiger partial charge in [0, 0.05) is 58.3 Å². The van der Waals surface area contributed by atoms with Gasteiger partial charge in [-0.25, -0.2) is 0 Å². The van der Waals surface area contributed by atoms with Crippen molar-refractivity contribution < 1.29 is 0 Å². The van der Waals surface area contributed by atoms with Gasteiger partial charge in [-0.2, -0.15) is 0 Å². The van der Waals surface area contributed by atoms with E-state index in [1.54, 1.807) is 33.6 Å². The maximum atomic E-state index is 2.86. The lowest BCUT2D eigenvalue weighted by Crippen LogP contribution is -2.43. The number of hydrogen-bond acceptors (Lipinski definition) is 2. The normalized spacial score (nSPS) is 34.9. The number of benzene rings is 1. The molecule has 0 amide bonds. The number of nitrogens with zero attached hydrogens (tertiary/aromatic N) is 2. The van der Waals surface area contributed by atoms with Gasteiger partial charge in [-0.1, -0.05) is 149 Å². The molecule has 0 spiro atoms. The Hall–Kier alpha value is -3.78. The van der Waals surface area contributed by atoms with Crippen LogP contribution in [0, 0.1) is 29.6 Å². The third-order valence-electron chi connectivity index (χ3n) is 15.1. The van der Waals surface area contributed by atoms with Crippen molar-refractivity contribution in [1.29, 1.82) is 0 Å². The largest absolute Gasteiger partial charge is 0.364 e. The fourth-order valence-electron chi connectivity index (χ4n) is 12.2. The molecule has 0 N–H and O–H groups in total. The van der Waals surface area contributed by atoms with Gasteiger partial charge in [-0.3, -0.25) is 0 Å². The highest BCUT2D eigenvalue weighted by molar-refractivity contribution is 5.58. The molecule has 0 fully saturated rings. The fourth-order valence-corrected chi connectivity index (χ4v) is 12.2. The second kappa shape index (κ2) is 14.4. The molecule has 0 saturated heterocycles. The van der Waals surface area contributed by atoms with E-state index >= 15 is 0 Å². The molecule has 8 aliphatic rings. The van der Waals surface area contributed by atoms with E-state index in [-0.39, 0.29) is 5.41 Å². The first-order chi connectivity index (χ1) is 26.2. The van der Waals surface area contributed by atoms with Crippen molar-refractivity contribution in [3.05, 3.63) is 154 Å². The lowest BCUT2D eigenvalue weighted by atomic mass is 9.72. The van der Waals surface area contributed by atoms with Crippen LogP contribution in [0.2, 0.25) is 0 Å². The smallest absolute Gasteiger partial charge is 0.0511 e. The van der Waals surface area contributed by atoms with Gasteiger partial charge in [0.15, 0.2) is 0 Å². The highest BCUT2D eigenvalue weighted by atomic mass is 15.2. The van der Waals surface area contributed by atoms with Crippen LogP contribution in [0.1, 0.15) is 123 Å². The van der Waals surface area contributed by atoms with Crippen molar-refractivity contribution in [2.24, 2.45) is 29.6 Å². The van der Waals surface area contributed by atoms with Crippen molar-refractivity contribution in [3.63, 3.8) is 0 Å². The van der Waals surface area contributed by atoms with Crippen LogP contribution in [0.4, 0.5) is 0 Å². The quantitative estimate of drug-likeness (QED) is 0.247. The summed E-state index contributed by atoms with van der Waals surface area (Å²) in [6.07, 6.45) is 44.4. The standard InChI is InChI=1S/C52H64N2/c1-7-14-50-36(4)47-33-46(35(3)31-51(47)54(50)39-16-9-8-10-17-39)38-23-27-41(28-24-38)53(40-25-21-37(22-26-40)43-19-13-15-34(43)2)42-29-30-45-44-18-11-12-20-48(44)52(5,6)49(45)32-42/h8-13,16,18-21,23,27-29,32-35,38-40,43,45,47,51H,7,14-15,17,22,24-26,30-31H2,1-6H3. The average Bonchev–Trinajstić information content (AvgIpc) is 3.81. The van der Waals surface area contributed by atoms with E-state index in [1.807, 2.05) is 0 Å². The van der Waals surface area contributed by atoms with Crippen LogP contribution < -0.4 is 0 Å². The SMILES string of the molecule is CCCC1=C(C)C2C=C(C3C=CC(N(C4=CCC5C(=C4)C(C)(C)c4ccccc45)C4CC=C(C5C=CCC5C)CC4)=CC3)C(C)CC2N1C1C=CC=CC1. The van der Waals surface area contributed by atoms with E-state index in [1.165, 1.54) is 55.5 Å². The van der Waals surface area contributed by atoms with Crippen LogP contribution in [-0.4, -0.2) is 27.9 Å². The Kier molecular flexibility index (Phi) is 9.56. The van der Waals surface area contributed by atoms with Crippen LogP contribution >= 0.6 is 0 Å². The monoisotopic (exact) mass is 717 g/mol. The van der Waals surface area contributed by atoms with Gasteiger partial charge in [-0.05, 0) is 105 Å². The maximum absolute atomic E-state index is 2.86. The van der Waals surface area contributed by atoms with Gasteiger partial charge >= 0.3 is 0 Å². The third-order valence-corrected chi connectivity index (χ3v) is 15.1. The molecule has 1 aromatic carbocycles. The molecule has 2 nitrogen and oxygen atoms in total. The average molecular weight is 717 g/mol. The first-order valence-electron chi connectivity index (χ1n) is 21.8. The molecule has 54 heavy (non-hydrogen) atoms. The Labute approximate surface area is 327 Å². The molecule has 0 saturated carbocycles. The summed E-state index contributed by atoms with van der Waals surface area (Å²) >= 11 is 0. The predicted octanol–water partition coefficient (Wildman–Crippen LogP) is 13.0. The van der Waals surface area contributed by atoms with E-state index in [2.05, 4.69) is 155 Å². The van der Waals surface area contributed by atoms with Gasteiger partial charge in [0.2, 0.25) is 0 Å². The number of fused-ring (bicyclic) bond motifs is 4. The number of hydrogen-bond donors (Lipinski definition) is 0. The minimum Gasteiger partial charge on any atom is -0.364 e. The first kappa shape index (κ1) is 35.9. The van der Waals surface area contributed by atoms with Crippen molar-refractivity contribution in [1.82, 2.24) is 9.80 Å². The summed E-state index contributed by atoms with van der Waals surface area (Å²) in [6.45, 7) is 14.7. The zero-order chi connectivity index (χ0) is 37.1. The lowest BCUT2D eigenvalue weighted by Gasteiger charge is -2.43. The molecule has 9 unspecified atom stereocenters. The topological polar surface area (TPSA) is 6.48 Å². The Bertz CT molecular complexity index is 1960. The summed E-state index contributed by atoms with van der Waals surface area (Å²) in [5.41, 5.74) is 14.2. The van der Waals surface area contributed by atoms with E-state index in [0.29, 0.717) is 47.7 Å². The Morgan fingerprint density at radius 1 is 0.870 bits per heavy atom. The van der Waals surface area contributed by atoms with Crippen LogP contribution in [0.5, 0.6) is 0 Å². The summed E-state index contributed by atoms with van der Waals surface area (Å²) in [6, 6.07) is 10.8. The Morgan fingerprint density at radius 2 is 1.72 bits per heavy atom. The summed E-state index contributed by atoms with van der Waals surface area (Å²) in [7, 11) is 0. The first-order valence-corrected chi connectivity index (χ1v) is 21.8. The molecule has 0 radical (unpaired) electrons. The van der Waals surface area contributed by atoms with E-state index < -0.39 is 0 Å². The Balaban J connectivity index is 1.00. The highest BCUT2D eigenvalue weighted by Crippen LogP contribution is 2.54. The molecule has 0 aromatic heterocycles. The zero-order valence-corrected chi connectivity index (χ0v) is 34.0. The number of rotatable bonds is 8. The van der Waals surface area contributed by atoms with Gasteiger partial charge < -0.3 is 9.80 Å². The van der Waals surface area contributed by atoms with E-state index in [9.17, 15) is 0 Å². The summed E-state index contributed by atoms with van der Waals surface area (Å²) in [5, 5.41) is 0. The van der Waals surface area contributed by atoms with Crippen molar-refractivity contribution in [2.75, 3.05) is 0 Å². The van der Waals surface area contributed by atoms with Crippen molar-refractivity contribution >= 4 is 0 Å². The zero-order valence-electron chi connectivity index (χ0n) is 34.0. The minimum absolute atomic E-state index is 0.0592. The highest BCUT2D eigenvalue weighted by Gasteiger charge is 2.45. The van der Waals surface area contributed by atoms with Crippen molar-refractivity contribution in [3.8, 4) is 0 Å². The van der Waals surface area contributed by atoms with Crippen LogP contribution in [0.25, 0.3) is 0 Å². The molecule has 9 atom stereocenters. The van der Waals surface area contributed by atoms with Crippen LogP contribution in [0.3, 0.4) is 0 Å². The van der Waals surface area contributed by atoms with Gasteiger partial charge in [0.25, 0.3) is 0 Å². The van der Waals surface area contributed by atoms with Crippen LogP contribution in [-0.2, 0) is 5.41 Å². The lowest BCUT2D eigenvalue weighted by molar-refractivity contribution is 0.176. The molecule has 1 heterocycles. The molecule has 7 aliphatic carbocycles. The maximum Gasteiger partial charge on any atom is 0.0511 e. The molecule has 282 valence electrons. The second-order valence-electron chi connectivity index (χ2n) is 18.6. The van der Waals surface area contributed by atoms with Gasteiger partial charge in [0.1, 0.15) is 0 Å². The predicted molar refractivity (Wildman–Crippen MR) is 228 cm³/mol. The second-order valence-corrected chi connectivity index (χ2v) is 18.6. The van der Waals surface area contributed by atoms with E-state index in [0.717, 1.165) is 31.6 Å². The number of allylic oxidation sites excluding steroid dienone is 13. The summed E-state index contributed by atoms with van der Waals surface area (Å²) in [4.78, 5) is 5.64. The third kappa shape index (κ3) is 6.06. The van der Waals surface area contributed by atoms with Crippen molar-refractivity contribution in [2.45, 2.75) is 135 Å². The minimum atomic E-state index is 0.0592. The Morgan fingerprint density at radius 3 is 2.44 bits per heavy atom. The molecule has 1 aromatic rings. The molecular formula is C52H64N2. The molecule has 2 heteroatoms. The molecule has 9 rings (SSSR count).